The van der Waals surface area contributed by atoms with Gasteiger partial charge in [0.1, 0.15) is 0 Å². The molecule has 3 nitrogen and oxygen atoms in total. The molecule has 0 saturated heterocycles. The summed E-state index contributed by atoms with van der Waals surface area (Å²) in [5.74, 6) is 0. The monoisotopic (exact) mass is 335 g/mol. The van der Waals surface area contributed by atoms with Crippen LogP contribution in [0.4, 0.5) is 0 Å². The molecule has 0 aromatic carbocycles. The van der Waals surface area contributed by atoms with E-state index in [1.54, 1.807) is 6.08 Å². The van der Waals surface area contributed by atoms with Crippen molar-refractivity contribution in [2.24, 2.45) is 9.64 Å². The molecule has 0 aliphatic heterocycles. The Morgan fingerprint density at radius 3 is 1.69 bits per heavy atom. The summed E-state index contributed by atoms with van der Waals surface area (Å²) in [5, 5.41) is 6.77. The van der Waals surface area contributed by atoms with Crippen LogP contribution in [0.25, 0.3) is 0 Å². The Hall–Kier alpha value is -0.0613. The van der Waals surface area contributed by atoms with Gasteiger partial charge in [-0.25, -0.2) is 0 Å². The molecular weight excluding hydrogens is 329 g/mol. The van der Waals surface area contributed by atoms with Gasteiger partial charge in [-0.05, 0) is 0 Å². The molecule has 0 aromatic rings. The van der Waals surface area contributed by atoms with E-state index in [2.05, 4.69) is 68.4 Å². The molecule has 0 aliphatic rings. The molecule has 0 amide bonds. The Balaban J connectivity index is 5.24. The summed E-state index contributed by atoms with van der Waals surface area (Å²) in [6.45, 7) is 3.58. The molecule has 13 heavy (non-hydrogen) atoms. The van der Waals surface area contributed by atoms with Crippen molar-refractivity contribution in [2.45, 2.75) is 4.44 Å². The molecule has 0 saturated carbocycles. The van der Waals surface area contributed by atoms with Crippen LogP contribution in [0.2, 0.25) is 4.44 Å². The minimum atomic E-state index is -3.45. The normalized spacial score (nSPS) is 12.3. The van der Waals surface area contributed by atoms with Crippen LogP contribution in [0.5, 0.6) is 0 Å². The number of hydrogen-bond acceptors (Lipinski definition) is 6. The van der Waals surface area contributed by atoms with Gasteiger partial charge in [-0.15, -0.1) is 0 Å². The van der Waals surface area contributed by atoms with Crippen LogP contribution in [0, 0.1) is 0 Å². The zero-order chi connectivity index (χ0) is 10.2. The molecular formula is C6H5N3S3Sn. The van der Waals surface area contributed by atoms with E-state index < -0.39 is 19.2 Å². The Morgan fingerprint density at radius 2 is 1.46 bits per heavy atom. The maximum absolute atomic E-state index is 4.50. The van der Waals surface area contributed by atoms with E-state index in [1.165, 1.54) is 0 Å². The Bertz CT molecular complexity index is 289. The molecule has 0 unspecified atom stereocenters. The van der Waals surface area contributed by atoms with E-state index in [-0.39, 0.29) is 0 Å². The average Bonchev–Trinajstić information content (AvgIpc) is 2.06. The molecule has 0 N–H and O–H groups in total. The number of rotatable bonds is 5. The van der Waals surface area contributed by atoms with Gasteiger partial charge < -0.3 is 0 Å². The molecule has 0 aliphatic carbocycles. The van der Waals surface area contributed by atoms with Crippen molar-refractivity contribution in [2.75, 3.05) is 0 Å². The Morgan fingerprint density at radius 1 is 1.08 bits per heavy atom. The molecule has 0 aromatic heterocycles. The average molecular weight is 334 g/mol. The van der Waals surface area contributed by atoms with E-state index in [1.807, 2.05) is 0 Å². The van der Waals surface area contributed by atoms with Crippen molar-refractivity contribution >= 4 is 71.3 Å². The van der Waals surface area contributed by atoms with Gasteiger partial charge in [-0.3, -0.25) is 0 Å². The summed E-state index contributed by atoms with van der Waals surface area (Å²) in [5.41, 5.74) is 0. The van der Waals surface area contributed by atoms with Gasteiger partial charge >= 0.3 is 98.1 Å². The third-order valence-corrected chi connectivity index (χ3v) is 9.16. The standard InChI is InChI=1S/C3H5.3CNS.Sn/c1-3-2;3*2-1-3;/h3H,1-2H2;;;;/q;3*-1;+3. The molecule has 0 fully saturated rings. The first-order valence-corrected chi connectivity index (χ1v) is 10.2. The van der Waals surface area contributed by atoms with Crippen molar-refractivity contribution in [3.05, 3.63) is 12.7 Å². The summed E-state index contributed by atoms with van der Waals surface area (Å²) in [6.07, 6.45) is 1.67. The Kier molecular flexibility index (Phi) is 7.32. The fourth-order valence-electron chi connectivity index (χ4n) is 0.625. The first-order chi connectivity index (χ1) is 6.24. The van der Waals surface area contributed by atoms with E-state index >= 15 is 0 Å². The molecule has 66 valence electrons. The van der Waals surface area contributed by atoms with E-state index in [4.69, 9.17) is 0 Å². The summed E-state index contributed by atoms with van der Waals surface area (Å²) in [7, 11) is 0. The number of isothiocyanates is 3. The number of nitrogens with zero attached hydrogens (tertiary/aromatic N) is 3. The molecule has 7 heteroatoms. The predicted octanol–water partition coefficient (Wildman–Crippen LogP) is 2.42. The van der Waals surface area contributed by atoms with Crippen molar-refractivity contribution in [1.29, 1.82) is 0 Å². The molecule has 0 rings (SSSR count). The molecule has 0 bridgehead atoms. The van der Waals surface area contributed by atoms with E-state index in [0.717, 1.165) is 0 Å². The van der Waals surface area contributed by atoms with Crippen LogP contribution in [0.3, 0.4) is 0 Å². The first kappa shape index (κ1) is 12.9. The van der Waals surface area contributed by atoms with Gasteiger partial charge in [0.25, 0.3) is 0 Å². The molecule has 0 heterocycles. The minimum absolute atomic E-state index is 0.533. The topological polar surface area (TPSA) is 37.1 Å². The van der Waals surface area contributed by atoms with E-state index in [0.29, 0.717) is 4.44 Å². The second-order valence-electron chi connectivity index (χ2n) is 1.88. The van der Waals surface area contributed by atoms with Gasteiger partial charge in [0.15, 0.2) is 0 Å². The third kappa shape index (κ3) is 4.64. The zero-order valence-electron chi connectivity index (χ0n) is 6.56. The van der Waals surface area contributed by atoms with Crippen LogP contribution < -0.4 is 0 Å². The second-order valence-corrected chi connectivity index (χ2v) is 9.92. The van der Waals surface area contributed by atoms with Crippen LogP contribution in [0.1, 0.15) is 0 Å². The summed E-state index contributed by atoms with van der Waals surface area (Å²) in [4.78, 5) is 0. The van der Waals surface area contributed by atoms with Crippen molar-refractivity contribution < 1.29 is 0 Å². The first-order valence-electron chi connectivity index (χ1n) is 3.12. The summed E-state index contributed by atoms with van der Waals surface area (Å²) < 4.78 is 12.3. The van der Waals surface area contributed by atoms with Crippen LogP contribution in [-0.2, 0) is 0 Å². The number of allylic oxidation sites excluding steroid dienone is 1. The van der Waals surface area contributed by atoms with Gasteiger partial charge in [0, 0.05) is 0 Å². The molecule has 0 radical (unpaired) electrons. The van der Waals surface area contributed by atoms with Crippen molar-refractivity contribution in [3.8, 4) is 0 Å². The van der Waals surface area contributed by atoms with Crippen LogP contribution in [0.15, 0.2) is 22.3 Å². The SMILES string of the molecule is C=C[CH2][Sn]([N]=C=S)([N]=C=S)[N]=C=S. The number of thiocarbonyl (C=S) groups is 3. The third-order valence-electron chi connectivity index (χ3n) is 1.09. The summed E-state index contributed by atoms with van der Waals surface area (Å²) >= 11 is 10.1. The van der Waals surface area contributed by atoms with Gasteiger partial charge in [-0.1, -0.05) is 0 Å². The second kappa shape index (κ2) is 7.35. The quantitative estimate of drug-likeness (QED) is 0.335. The van der Waals surface area contributed by atoms with Crippen molar-refractivity contribution in [1.82, 2.24) is 0 Å². The maximum atomic E-state index is 4.50. The van der Waals surface area contributed by atoms with Gasteiger partial charge in [-0.2, -0.15) is 0 Å². The fourth-order valence-corrected chi connectivity index (χ4v) is 7.13. The predicted molar refractivity (Wildman–Crippen MR) is 65.8 cm³/mol. The zero-order valence-corrected chi connectivity index (χ0v) is 11.9. The number of hydrogen-bond donors (Lipinski definition) is 0. The fraction of sp³-hybridized carbons (Fsp3) is 0.167. The van der Waals surface area contributed by atoms with Gasteiger partial charge in [0.2, 0.25) is 0 Å². The van der Waals surface area contributed by atoms with Crippen LogP contribution in [-0.4, -0.2) is 34.7 Å². The molecule has 0 atom stereocenters. The van der Waals surface area contributed by atoms with Crippen molar-refractivity contribution in [3.63, 3.8) is 0 Å². The van der Waals surface area contributed by atoms with Gasteiger partial charge in [0.05, 0.1) is 0 Å². The summed E-state index contributed by atoms with van der Waals surface area (Å²) in [6, 6.07) is 0. The van der Waals surface area contributed by atoms with E-state index in [9.17, 15) is 0 Å². The van der Waals surface area contributed by atoms with Crippen LogP contribution >= 0.6 is 36.7 Å². The molecule has 0 spiro atoms. The Labute approximate surface area is 97.3 Å².